The first kappa shape index (κ1) is 12.8. The van der Waals surface area contributed by atoms with Crippen LogP contribution in [0.25, 0.3) is 5.57 Å². The summed E-state index contributed by atoms with van der Waals surface area (Å²) in [6.45, 7) is 4.34. The van der Waals surface area contributed by atoms with Crippen LogP contribution in [-0.4, -0.2) is 35.0 Å². The first-order valence-electron chi connectivity index (χ1n) is 5.75. The van der Waals surface area contributed by atoms with Gasteiger partial charge in [-0.05, 0) is 34.9 Å². The number of carboxylic acids is 1. The van der Waals surface area contributed by atoms with Gasteiger partial charge in [0, 0.05) is 18.7 Å². The van der Waals surface area contributed by atoms with E-state index in [9.17, 15) is 9.59 Å². The molecule has 1 unspecified atom stereocenters. The highest BCUT2D eigenvalue weighted by atomic mass is 32.1. The minimum atomic E-state index is -0.871. The number of hydrogen-bond donors (Lipinski definition) is 1. The molecule has 0 bridgehead atoms. The average molecular weight is 265 g/mol. The summed E-state index contributed by atoms with van der Waals surface area (Å²) in [6, 6.07) is 1.92. The van der Waals surface area contributed by atoms with E-state index < -0.39 is 11.9 Å². The Morgan fingerprint density at radius 3 is 2.89 bits per heavy atom. The molecule has 0 fully saturated rings. The molecule has 1 aliphatic heterocycles. The van der Waals surface area contributed by atoms with Gasteiger partial charge in [-0.15, -0.1) is 0 Å². The van der Waals surface area contributed by atoms with Crippen LogP contribution in [0.5, 0.6) is 0 Å². The molecule has 1 N–H and O–H groups in total. The maximum atomic E-state index is 12.3. The summed E-state index contributed by atoms with van der Waals surface area (Å²) in [5.74, 6) is -1.47. The molecule has 1 atom stereocenters. The molecule has 18 heavy (non-hydrogen) atoms. The fourth-order valence-corrected chi connectivity index (χ4v) is 2.76. The van der Waals surface area contributed by atoms with Crippen LogP contribution in [-0.2, 0) is 9.59 Å². The molecule has 0 saturated heterocycles. The van der Waals surface area contributed by atoms with Crippen molar-refractivity contribution in [1.82, 2.24) is 4.90 Å². The van der Waals surface area contributed by atoms with Gasteiger partial charge >= 0.3 is 5.97 Å². The highest BCUT2D eigenvalue weighted by Gasteiger charge is 2.31. The second-order valence-electron chi connectivity index (χ2n) is 4.59. The van der Waals surface area contributed by atoms with E-state index in [2.05, 4.69) is 0 Å². The summed E-state index contributed by atoms with van der Waals surface area (Å²) in [5, 5.41) is 12.8. The Bertz CT molecular complexity index is 504. The summed E-state index contributed by atoms with van der Waals surface area (Å²) in [7, 11) is 0. The summed E-state index contributed by atoms with van der Waals surface area (Å²) in [5.41, 5.74) is 2.68. The van der Waals surface area contributed by atoms with Crippen molar-refractivity contribution >= 4 is 28.8 Å². The zero-order valence-electron chi connectivity index (χ0n) is 10.3. The van der Waals surface area contributed by atoms with E-state index in [4.69, 9.17) is 5.11 Å². The summed E-state index contributed by atoms with van der Waals surface area (Å²) >= 11 is 1.55. The van der Waals surface area contributed by atoms with Crippen molar-refractivity contribution < 1.29 is 14.7 Å². The highest BCUT2D eigenvalue weighted by molar-refractivity contribution is 7.08. The Morgan fingerprint density at radius 2 is 2.33 bits per heavy atom. The maximum absolute atomic E-state index is 12.3. The van der Waals surface area contributed by atoms with Gasteiger partial charge in [0.2, 0.25) is 0 Å². The first-order valence-corrected chi connectivity index (χ1v) is 6.69. The number of carbonyl (C=O) groups is 2. The third kappa shape index (κ3) is 2.31. The van der Waals surface area contributed by atoms with Gasteiger partial charge in [-0.2, -0.15) is 11.3 Å². The topological polar surface area (TPSA) is 57.6 Å². The van der Waals surface area contributed by atoms with Crippen LogP contribution in [0.3, 0.4) is 0 Å². The van der Waals surface area contributed by atoms with E-state index >= 15 is 0 Å². The van der Waals surface area contributed by atoms with Crippen LogP contribution < -0.4 is 0 Å². The zero-order chi connectivity index (χ0) is 13.3. The van der Waals surface area contributed by atoms with Gasteiger partial charge in [0.05, 0.1) is 5.92 Å². The highest BCUT2D eigenvalue weighted by Crippen LogP contribution is 2.29. The lowest BCUT2D eigenvalue weighted by atomic mass is 10.1. The molecule has 0 radical (unpaired) electrons. The molecular formula is C13H15NO3S. The number of rotatable bonds is 4. The van der Waals surface area contributed by atoms with Gasteiger partial charge in [-0.25, -0.2) is 0 Å². The van der Waals surface area contributed by atoms with Crippen LogP contribution in [0.4, 0.5) is 0 Å². The normalized spacial score (nSPS) is 17.4. The van der Waals surface area contributed by atoms with Crippen LogP contribution in [0, 0.1) is 5.92 Å². The van der Waals surface area contributed by atoms with Crippen molar-refractivity contribution in [3.63, 3.8) is 0 Å². The fraction of sp³-hybridized carbons (Fsp3) is 0.385. The van der Waals surface area contributed by atoms with Gasteiger partial charge in [-0.3, -0.25) is 9.59 Å². The van der Waals surface area contributed by atoms with Crippen molar-refractivity contribution in [3.05, 3.63) is 28.0 Å². The molecule has 0 aromatic carbocycles. The smallest absolute Gasteiger partial charge is 0.308 e. The maximum Gasteiger partial charge on any atom is 0.308 e. The van der Waals surface area contributed by atoms with Gasteiger partial charge in [0.1, 0.15) is 0 Å². The van der Waals surface area contributed by atoms with Crippen LogP contribution >= 0.6 is 11.3 Å². The first-order chi connectivity index (χ1) is 8.50. The molecule has 96 valence electrons. The van der Waals surface area contributed by atoms with Gasteiger partial charge in [0.15, 0.2) is 0 Å². The number of amides is 1. The Morgan fingerprint density at radius 1 is 1.61 bits per heavy atom. The second kappa shape index (κ2) is 4.94. The molecule has 4 nitrogen and oxygen atoms in total. The molecule has 1 aromatic rings. The zero-order valence-corrected chi connectivity index (χ0v) is 11.2. The number of aliphatic carboxylic acids is 1. The van der Waals surface area contributed by atoms with Crippen molar-refractivity contribution in [2.24, 2.45) is 5.92 Å². The van der Waals surface area contributed by atoms with E-state index in [1.54, 1.807) is 23.2 Å². The summed E-state index contributed by atoms with van der Waals surface area (Å²) in [6.07, 6.45) is 0. The number of hydrogen-bond acceptors (Lipinski definition) is 3. The van der Waals surface area contributed by atoms with E-state index in [1.165, 1.54) is 0 Å². The van der Waals surface area contributed by atoms with E-state index in [0.29, 0.717) is 6.54 Å². The van der Waals surface area contributed by atoms with Crippen molar-refractivity contribution in [1.29, 1.82) is 0 Å². The third-order valence-electron chi connectivity index (χ3n) is 3.08. The quantitative estimate of drug-likeness (QED) is 0.906. The lowest BCUT2D eigenvalue weighted by molar-refractivity contribution is -0.142. The Hall–Kier alpha value is -1.62. The minimum Gasteiger partial charge on any atom is -0.481 e. The van der Waals surface area contributed by atoms with E-state index in [1.807, 2.05) is 23.8 Å². The second-order valence-corrected chi connectivity index (χ2v) is 5.37. The molecule has 0 saturated carbocycles. The Labute approximate surface area is 110 Å². The van der Waals surface area contributed by atoms with Gasteiger partial charge in [-0.1, -0.05) is 6.92 Å². The minimum absolute atomic E-state index is 0.0565. The number of nitrogens with zero attached hydrogens (tertiary/aromatic N) is 1. The number of carboxylic acid groups (broad SMARTS) is 1. The predicted octanol–water partition coefficient (Wildman–Crippen LogP) is 2.08. The molecule has 2 heterocycles. The van der Waals surface area contributed by atoms with Crippen molar-refractivity contribution in [2.45, 2.75) is 13.8 Å². The predicted molar refractivity (Wildman–Crippen MR) is 70.3 cm³/mol. The standard InChI is InChI=1S/C13H15NO3S/c1-8-5-14(6-9(2)13(16)17)12(15)11(8)10-3-4-18-7-10/h3-4,7,9H,5-6H2,1-2H3,(H,16,17). The lowest BCUT2D eigenvalue weighted by Gasteiger charge is -2.19. The summed E-state index contributed by atoms with van der Waals surface area (Å²) in [4.78, 5) is 24.7. The average Bonchev–Trinajstić information content (AvgIpc) is 2.88. The molecule has 2 rings (SSSR count). The van der Waals surface area contributed by atoms with Crippen molar-refractivity contribution in [3.8, 4) is 0 Å². The third-order valence-corrected chi connectivity index (χ3v) is 3.76. The van der Waals surface area contributed by atoms with Crippen molar-refractivity contribution in [2.75, 3.05) is 13.1 Å². The molecule has 1 aromatic heterocycles. The molecule has 1 aliphatic rings. The lowest BCUT2D eigenvalue weighted by Crippen LogP contribution is -2.34. The fourth-order valence-electron chi connectivity index (χ4n) is 2.11. The number of thiophene rings is 1. The van der Waals surface area contributed by atoms with Crippen LogP contribution in [0.2, 0.25) is 0 Å². The van der Waals surface area contributed by atoms with E-state index in [-0.39, 0.29) is 12.5 Å². The molecular weight excluding hydrogens is 250 g/mol. The van der Waals surface area contributed by atoms with E-state index in [0.717, 1.165) is 16.7 Å². The largest absolute Gasteiger partial charge is 0.481 e. The van der Waals surface area contributed by atoms with Gasteiger partial charge < -0.3 is 10.0 Å². The van der Waals surface area contributed by atoms with Gasteiger partial charge in [0.25, 0.3) is 5.91 Å². The molecule has 0 spiro atoms. The number of carbonyl (C=O) groups excluding carboxylic acids is 1. The molecule has 5 heteroatoms. The van der Waals surface area contributed by atoms with Crippen LogP contribution in [0.15, 0.2) is 22.4 Å². The summed E-state index contributed by atoms with van der Waals surface area (Å²) < 4.78 is 0. The Kier molecular flexibility index (Phi) is 3.52. The Balaban J connectivity index is 2.15. The SMILES string of the molecule is CC1=C(c2ccsc2)C(=O)N(CC(C)C(=O)O)C1. The van der Waals surface area contributed by atoms with Crippen LogP contribution in [0.1, 0.15) is 19.4 Å². The molecule has 1 amide bonds. The monoisotopic (exact) mass is 265 g/mol. The molecule has 0 aliphatic carbocycles.